The van der Waals surface area contributed by atoms with Gasteiger partial charge in [-0.1, -0.05) is 0 Å². The molecule has 0 aliphatic carbocycles. The van der Waals surface area contributed by atoms with Crippen LogP contribution in [0.5, 0.6) is 0 Å². The highest BCUT2D eigenvalue weighted by atomic mass is 35.5. The third-order valence-electron chi connectivity index (χ3n) is 3.89. The number of amides is 1. The Hall–Kier alpha value is -1.95. The van der Waals surface area contributed by atoms with Crippen molar-refractivity contribution in [1.29, 1.82) is 0 Å². The number of primary amides is 1. The van der Waals surface area contributed by atoms with E-state index >= 15 is 0 Å². The molecule has 1 rings (SSSR count). The van der Waals surface area contributed by atoms with E-state index in [9.17, 15) is 19.2 Å². The van der Waals surface area contributed by atoms with Crippen LogP contribution in [0.4, 0.5) is 0 Å². The van der Waals surface area contributed by atoms with Crippen LogP contribution in [-0.4, -0.2) is 68.2 Å². The van der Waals surface area contributed by atoms with E-state index in [1.54, 1.807) is 0 Å². The molecule has 168 valence electrons. The minimum atomic E-state index is -1.13. The molecule has 1 aliphatic heterocycles. The van der Waals surface area contributed by atoms with E-state index in [0.717, 1.165) is 0 Å². The van der Waals surface area contributed by atoms with E-state index in [2.05, 4.69) is 0 Å². The fraction of sp³-hybridized carbons (Fsp3) is 0.765. The van der Waals surface area contributed by atoms with Gasteiger partial charge in [0, 0.05) is 27.2 Å². The highest BCUT2D eigenvalue weighted by molar-refractivity contribution is 5.85. The van der Waals surface area contributed by atoms with Gasteiger partial charge in [-0.2, -0.15) is 0 Å². The Balaban J connectivity index is 0.00000784. The van der Waals surface area contributed by atoms with Crippen molar-refractivity contribution in [3.8, 4) is 0 Å². The number of hydrogen-bond donors (Lipinski definition) is 2. The summed E-state index contributed by atoms with van der Waals surface area (Å²) in [5.41, 5.74) is 10.8. The van der Waals surface area contributed by atoms with Crippen molar-refractivity contribution in [3.05, 3.63) is 0 Å². The molecule has 0 spiro atoms. The Labute approximate surface area is 175 Å². The van der Waals surface area contributed by atoms with E-state index in [1.807, 2.05) is 0 Å². The Bertz CT molecular complexity index is 575. The van der Waals surface area contributed by atoms with Crippen molar-refractivity contribution in [2.24, 2.45) is 17.4 Å². The second-order valence-electron chi connectivity index (χ2n) is 6.34. The molecular formula is C17H29ClN2O9. The van der Waals surface area contributed by atoms with Gasteiger partial charge in [0.05, 0.1) is 12.5 Å². The van der Waals surface area contributed by atoms with Crippen LogP contribution >= 0.6 is 12.4 Å². The van der Waals surface area contributed by atoms with Crippen molar-refractivity contribution in [1.82, 2.24) is 0 Å². The van der Waals surface area contributed by atoms with Crippen LogP contribution < -0.4 is 11.5 Å². The van der Waals surface area contributed by atoms with Gasteiger partial charge in [0.1, 0.15) is 18.8 Å². The van der Waals surface area contributed by atoms with Crippen molar-refractivity contribution < 1.29 is 42.9 Å². The highest BCUT2D eigenvalue weighted by Crippen LogP contribution is 2.34. The third kappa shape index (κ3) is 9.39. The topological polar surface area (TPSA) is 166 Å². The zero-order valence-corrected chi connectivity index (χ0v) is 17.5. The molecule has 0 saturated carbocycles. The number of rotatable bonds is 10. The van der Waals surface area contributed by atoms with Gasteiger partial charge in [0.25, 0.3) is 0 Å². The Morgan fingerprint density at radius 3 is 2.03 bits per heavy atom. The van der Waals surface area contributed by atoms with Gasteiger partial charge >= 0.3 is 17.9 Å². The summed E-state index contributed by atoms with van der Waals surface area (Å²) in [6, 6.07) is 0. The summed E-state index contributed by atoms with van der Waals surface area (Å²) in [4.78, 5) is 46.0. The van der Waals surface area contributed by atoms with E-state index in [1.165, 1.54) is 20.8 Å². The molecule has 0 radical (unpaired) electrons. The van der Waals surface area contributed by atoms with Crippen molar-refractivity contribution in [2.75, 3.05) is 19.8 Å². The normalized spacial score (nSPS) is 26.0. The number of halogens is 1. The van der Waals surface area contributed by atoms with Gasteiger partial charge < -0.3 is 35.2 Å². The summed E-state index contributed by atoms with van der Waals surface area (Å²) < 4.78 is 27.1. The Kier molecular flexibility index (Phi) is 12.4. The highest BCUT2D eigenvalue weighted by Gasteiger charge is 2.51. The molecule has 1 amide bonds. The zero-order valence-electron chi connectivity index (χ0n) is 16.7. The zero-order chi connectivity index (χ0) is 21.3. The Morgan fingerprint density at radius 2 is 1.55 bits per heavy atom. The molecule has 12 heteroatoms. The van der Waals surface area contributed by atoms with Crippen LogP contribution in [0.1, 0.15) is 33.6 Å². The van der Waals surface area contributed by atoms with Gasteiger partial charge in [-0.15, -0.1) is 12.4 Å². The maximum atomic E-state index is 11.7. The minimum Gasteiger partial charge on any atom is -0.463 e. The second kappa shape index (κ2) is 13.3. The lowest BCUT2D eigenvalue weighted by Crippen LogP contribution is -2.59. The number of carbonyl (C=O) groups is 4. The lowest BCUT2D eigenvalue weighted by molar-refractivity contribution is -0.291. The quantitative estimate of drug-likeness (QED) is 0.254. The molecule has 1 saturated heterocycles. The van der Waals surface area contributed by atoms with Crippen LogP contribution in [0, 0.1) is 5.92 Å². The van der Waals surface area contributed by atoms with Gasteiger partial charge in [0.2, 0.25) is 5.91 Å². The largest absolute Gasteiger partial charge is 0.463 e. The third-order valence-corrected chi connectivity index (χ3v) is 3.89. The predicted molar refractivity (Wildman–Crippen MR) is 101 cm³/mol. The summed E-state index contributed by atoms with van der Waals surface area (Å²) in [5.74, 6) is -3.42. The maximum absolute atomic E-state index is 11.7. The number of carbonyl (C=O) groups excluding carboxylic acids is 4. The van der Waals surface area contributed by atoms with Crippen LogP contribution in [-0.2, 0) is 42.9 Å². The summed E-state index contributed by atoms with van der Waals surface area (Å²) in [6.45, 7) is 3.85. The van der Waals surface area contributed by atoms with E-state index in [4.69, 9.17) is 35.2 Å². The summed E-state index contributed by atoms with van der Waals surface area (Å²) in [5, 5.41) is 0. The molecule has 1 aliphatic rings. The molecule has 0 bridgehead atoms. The van der Waals surface area contributed by atoms with Gasteiger partial charge in [-0.25, -0.2) is 0 Å². The lowest BCUT2D eigenvalue weighted by atomic mass is 9.87. The standard InChI is InChI=1S/C17H28N2O9.ClH/c1-9(20)25-8-13-16(27-11(3)22)15(26-10(2)21)12(7-14(19)23)17(28-13)24-6-4-5-18;/h12-13,15-17H,4-8,18H2,1-3H3,(H2,19,23);1H/t12-,13-,15-,16+,17?;/m1./s1. The van der Waals surface area contributed by atoms with Gasteiger partial charge in [-0.3, -0.25) is 19.2 Å². The first-order valence-electron chi connectivity index (χ1n) is 8.89. The molecule has 1 heterocycles. The van der Waals surface area contributed by atoms with Crippen LogP contribution in [0.2, 0.25) is 0 Å². The number of hydrogen-bond acceptors (Lipinski definition) is 10. The monoisotopic (exact) mass is 440 g/mol. The summed E-state index contributed by atoms with van der Waals surface area (Å²) in [7, 11) is 0. The second-order valence-corrected chi connectivity index (χ2v) is 6.34. The average Bonchev–Trinajstić information content (AvgIpc) is 2.57. The van der Waals surface area contributed by atoms with E-state index < -0.39 is 54.3 Å². The van der Waals surface area contributed by atoms with E-state index in [0.29, 0.717) is 13.0 Å². The molecule has 0 aromatic carbocycles. The first kappa shape index (κ1) is 27.0. The number of esters is 3. The fourth-order valence-electron chi connectivity index (χ4n) is 2.87. The van der Waals surface area contributed by atoms with E-state index in [-0.39, 0.29) is 32.0 Å². The van der Waals surface area contributed by atoms with Crippen molar-refractivity contribution in [2.45, 2.75) is 58.2 Å². The molecule has 29 heavy (non-hydrogen) atoms. The molecule has 1 unspecified atom stereocenters. The maximum Gasteiger partial charge on any atom is 0.303 e. The fourth-order valence-corrected chi connectivity index (χ4v) is 2.87. The summed E-state index contributed by atoms with van der Waals surface area (Å²) in [6.07, 6.45) is -3.95. The first-order valence-corrected chi connectivity index (χ1v) is 8.89. The van der Waals surface area contributed by atoms with Gasteiger partial charge in [-0.05, 0) is 13.0 Å². The van der Waals surface area contributed by atoms with Crippen molar-refractivity contribution >= 4 is 36.2 Å². The lowest BCUT2D eigenvalue weighted by Gasteiger charge is -2.44. The molecular weight excluding hydrogens is 412 g/mol. The minimum absolute atomic E-state index is 0. The van der Waals surface area contributed by atoms with Crippen LogP contribution in [0.15, 0.2) is 0 Å². The molecule has 4 N–H and O–H groups in total. The van der Waals surface area contributed by atoms with Crippen LogP contribution in [0.25, 0.3) is 0 Å². The molecule has 0 aromatic heterocycles. The SMILES string of the molecule is CC(=O)OC[C@H]1OC(OCCCN)[C@H](CC(N)=O)[C@@H](OC(C)=O)[C@H]1OC(C)=O.Cl. The van der Waals surface area contributed by atoms with Crippen LogP contribution in [0.3, 0.4) is 0 Å². The molecule has 5 atom stereocenters. The smallest absolute Gasteiger partial charge is 0.303 e. The number of ether oxygens (including phenoxy) is 5. The molecule has 0 aromatic rings. The Morgan fingerprint density at radius 1 is 0.966 bits per heavy atom. The predicted octanol–water partition coefficient (Wildman–Crippen LogP) is -0.583. The van der Waals surface area contributed by atoms with Gasteiger partial charge in [0.15, 0.2) is 12.4 Å². The number of nitrogens with two attached hydrogens (primary N) is 2. The average molecular weight is 441 g/mol. The summed E-state index contributed by atoms with van der Waals surface area (Å²) >= 11 is 0. The van der Waals surface area contributed by atoms with Crippen molar-refractivity contribution in [3.63, 3.8) is 0 Å². The molecule has 11 nitrogen and oxygen atoms in total. The first-order chi connectivity index (χ1) is 13.1. The molecule has 1 fully saturated rings.